The fourth-order valence-electron chi connectivity index (χ4n) is 0.825. The lowest BCUT2D eigenvalue weighted by atomic mass is 10.1. The highest BCUT2D eigenvalue weighted by Gasteiger charge is 2.80. The van der Waals surface area contributed by atoms with E-state index in [9.17, 15) is 71.1 Å². The Balaban J connectivity index is 5.68. The first-order chi connectivity index (χ1) is 10.5. The quantitative estimate of drug-likeness (QED) is 0.403. The van der Waals surface area contributed by atoms with Crippen molar-refractivity contribution in [3.8, 4) is 0 Å². The minimum atomic E-state index is -7.33. The first-order valence-corrected chi connectivity index (χ1v) is 4.96. The van der Waals surface area contributed by atoms with Crippen molar-refractivity contribution in [1.82, 2.24) is 0 Å². The van der Waals surface area contributed by atoms with Gasteiger partial charge in [-0.25, -0.2) is 9.59 Å². The van der Waals surface area contributed by atoms with Gasteiger partial charge in [-0.05, 0) is 0 Å². The van der Waals surface area contributed by atoms with Crippen LogP contribution in [0, 0.1) is 0 Å². The largest absolute Gasteiger partial charge is 0.460 e. The van der Waals surface area contributed by atoms with E-state index in [-0.39, 0.29) is 0 Å². The first-order valence-electron chi connectivity index (χ1n) is 4.96. The molecule has 0 aromatic carbocycles. The van der Waals surface area contributed by atoms with Gasteiger partial charge in [-0.1, -0.05) is 0 Å². The second-order valence-electron chi connectivity index (χ2n) is 3.97. The topological polar surface area (TPSA) is 43.4 Å². The Hall–Kier alpha value is -1.84. The van der Waals surface area contributed by atoms with E-state index in [1.54, 1.807) is 0 Å². The van der Waals surface area contributed by atoms with Gasteiger partial charge in [0, 0.05) is 0 Å². The molecule has 0 radical (unpaired) electrons. The second-order valence-corrected chi connectivity index (χ2v) is 3.97. The summed E-state index contributed by atoms with van der Waals surface area (Å²) in [5, 5.41) is 0. The van der Waals surface area contributed by atoms with Crippen LogP contribution in [0.1, 0.15) is 0 Å². The summed E-state index contributed by atoms with van der Waals surface area (Å²) in [5.41, 5.74) is 0. The minimum Gasteiger partial charge on any atom is -0.384 e. The molecule has 0 unspecified atom stereocenters. The molecular formula is C8F14O3. The van der Waals surface area contributed by atoms with Gasteiger partial charge in [0.15, 0.2) is 0 Å². The summed E-state index contributed by atoms with van der Waals surface area (Å²) < 4.78 is 172. The average Bonchev–Trinajstić information content (AvgIpc) is 2.34. The number of alkyl halides is 14. The van der Waals surface area contributed by atoms with E-state index in [0.29, 0.717) is 0 Å². The van der Waals surface area contributed by atoms with Gasteiger partial charge in [0.05, 0.1) is 0 Å². The van der Waals surface area contributed by atoms with Crippen molar-refractivity contribution in [1.29, 1.82) is 0 Å². The molecule has 25 heavy (non-hydrogen) atoms. The highest BCUT2D eigenvalue weighted by Crippen LogP contribution is 2.49. The lowest BCUT2D eigenvalue weighted by molar-refractivity contribution is -0.354. The summed E-state index contributed by atoms with van der Waals surface area (Å²) in [6.07, 6.45) is -14.4. The predicted molar refractivity (Wildman–Crippen MR) is 43.0 cm³/mol. The molecule has 0 atom stereocenters. The maximum Gasteiger partial charge on any atom is 0.460 e. The maximum absolute atomic E-state index is 12.6. The summed E-state index contributed by atoms with van der Waals surface area (Å²) >= 11 is 0. The SMILES string of the molecule is O=C(OC(=O)C(F)(F)C(F)(F)C(F)(F)F)C(F)(F)C(F)(F)C(F)(F)F. The number of hydrogen-bond donors (Lipinski definition) is 0. The normalized spacial score (nSPS) is 15.1. The highest BCUT2D eigenvalue weighted by atomic mass is 19.4. The van der Waals surface area contributed by atoms with Crippen LogP contribution in [0.25, 0.3) is 0 Å². The second kappa shape index (κ2) is 5.86. The number of carbonyl (C=O) groups is 2. The van der Waals surface area contributed by atoms with Crippen molar-refractivity contribution >= 4 is 11.9 Å². The predicted octanol–water partition coefficient (Wildman–Crippen LogP) is 3.72. The number of halogens is 14. The van der Waals surface area contributed by atoms with Crippen molar-refractivity contribution in [3.63, 3.8) is 0 Å². The monoisotopic (exact) mass is 410 g/mol. The van der Waals surface area contributed by atoms with E-state index in [1.807, 2.05) is 4.74 Å². The number of esters is 2. The van der Waals surface area contributed by atoms with Crippen LogP contribution < -0.4 is 0 Å². The molecule has 3 nitrogen and oxygen atoms in total. The van der Waals surface area contributed by atoms with Gasteiger partial charge in [0.2, 0.25) is 0 Å². The van der Waals surface area contributed by atoms with E-state index >= 15 is 0 Å². The Kier molecular flexibility index (Phi) is 5.43. The number of ether oxygens (including phenoxy) is 1. The van der Waals surface area contributed by atoms with E-state index < -0.39 is 48.0 Å². The molecule has 0 bridgehead atoms. The van der Waals surface area contributed by atoms with Crippen molar-refractivity contribution in [2.24, 2.45) is 0 Å². The molecule has 0 saturated heterocycles. The molecule has 0 spiro atoms. The van der Waals surface area contributed by atoms with Gasteiger partial charge < -0.3 is 4.74 Å². The molecule has 0 aliphatic heterocycles. The molecule has 0 aliphatic rings. The van der Waals surface area contributed by atoms with Gasteiger partial charge in [-0.2, -0.15) is 61.5 Å². The standard InChI is InChI=1S/C8F14O3/c9-3(10,5(13,14)7(17,18)19)1(23)25-2(24)4(11,12)6(15,16)8(20,21)22. The number of hydrogen-bond acceptors (Lipinski definition) is 3. The lowest BCUT2D eigenvalue weighted by Crippen LogP contribution is -2.60. The van der Waals surface area contributed by atoms with Gasteiger partial charge in [0.1, 0.15) is 0 Å². The average molecular weight is 410 g/mol. The van der Waals surface area contributed by atoms with Crippen LogP contribution in [0.4, 0.5) is 61.5 Å². The summed E-state index contributed by atoms with van der Waals surface area (Å²) in [6.45, 7) is 0. The van der Waals surface area contributed by atoms with Crippen LogP contribution in [0.5, 0.6) is 0 Å². The molecule has 0 heterocycles. The Morgan fingerprint density at radius 3 is 0.840 bits per heavy atom. The summed E-state index contributed by atoms with van der Waals surface area (Å²) in [5.74, 6) is -37.7. The minimum absolute atomic E-state index is 2.01. The number of carbonyl (C=O) groups excluding carboxylic acids is 2. The third kappa shape index (κ3) is 3.58. The molecule has 0 amide bonds. The molecule has 0 aliphatic carbocycles. The Morgan fingerprint density at radius 2 is 0.680 bits per heavy atom. The van der Waals surface area contributed by atoms with Crippen LogP contribution in [-0.2, 0) is 14.3 Å². The zero-order valence-electron chi connectivity index (χ0n) is 10.5. The molecule has 0 aromatic heterocycles. The maximum atomic E-state index is 12.6. The van der Waals surface area contributed by atoms with Crippen LogP contribution >= 0.6 is 0 Å². The molecule has 0 saturated carbocycles. The fourth-order valence-corrected chi connectivity index (χ4v) is 0.825. The van der Waals surface area contributed by atoms with Crippen LogP contribution in [0.15, 0.2) is 0 Å². The summed E-state index contributed by atoms with van der Waals surface area (Å²) in [4.78, 5) is 20.7. The van der Waals surface area contributed by atoms with E-state index in [4.69, 9.17) is 0 Å². The molecular weight excluding hydrogens is 410 g/mol. The molecule has 0 aromatic rings. The van der Waals surface area contributed by atoms with Gasteiger partial charge >= 0.3 is 48.0 Å². The lowest BCUT2D eigenvalue weighted by Gasteiger charge is -2.28. The van der Waals surface area contributed by atoms with Crippen molar-refractivity contribution in [3.05, 3.63) is 0 Å². The third-order valence-corrected chi connectivity index (χ3v) is 2.20. The van der Waals surface area contributed by atoms with E-state index in [0.717, 1.165) is 0 Å². The smallest absolute Gasteiger partial charge is 0.384 e. The molecule has 0 fully saturated rings. The summed E-state index contributed by atoms with van der Waals surface area (Å²) in [6, 6.07) is 0. The van der Waals surface area contributed by atoms with Gasteiger partial charge in [-0.3, -0.25) is 0 Å². The van der Waals surface area contributed by atoms with Crippen molar-refractivity contribution in [2.75, 3.05) is 0 Å². The Labute approximate surface area is 125 Å². The van der Waals surface area contributed by atoms with Gasteiger partial charge in [0.25, 0.3) is 0 Å². The van der Waals surface area contributed by atoms with Crippen LogP contribution in [0.2, 0.25) is 0 Å². The van der Waals surface area contributed by atoms with Crippen molar-refractivity contribution in [2.45, 2.75) is 36.0 Å². The number of rotatable bonds is 4. The molecule has 0 N–H and O–H groups in total. The zero-order valence-corrected chi connectivity index (χ0v) is 10.5. The molecule has 0 rings (SSSR count). The van der Waals surface area contributed by atoms with Crippen LogP contribution in [-0.4, -0.2) is 48.0 Å². The molecule has 17 heteroatoms. The molecule has 148 valence electrons. The first kappa shape index (κ1) is 23.2. The Morgan fingerprint density at radius 1 is 0.480 bits per heavy atom. The van der Waals surface area contributed by atoms with Gasteiger partial charge in [-0.15, -0.1) is 0 Å². The van der Waals surface area contributed by atoms with Crippen LogP contribution in [0.3, 0.4) is 0 Å². The highest BCUT2D eigenvalue weighted by molar-refractivity contribution is 5.93. The van der Waals surface area contributed by atoms with E-state index in [1.165, 1.54) is 0 Å². The third-order valence-electron chi connectivity index (χ3n) is 2.20. The Bertz CT molecular complexity index is 493. The fraction of sp³-hybridized carbons (Fsp3) is 0.750. The van der Waals surface area contributed by atoms with Crippen molar-refractivity contribution < 1.29 is 75.8 Å². The van der Waals surface area contributed by atoms with E-state index in [2.05, 4.69) is 0 Å². The zero-order chi connectivity index (χ0) is 20.9. The summed E-state index contributed by atoms with van der Waals surface area (Å²) in [7, 11) is 0.